The molecule has 2 atom stereocenters. The zero-order valence-electron chi connectivity index (χ0n) is 11.8. The second-order valence-corrected chi connectivity index (χ2v) is 5.51. The average Bonchev–Trinajstić information content (AvgIpc) is 2.34. The van der Waals surface area contributed by atoms with Crippen LogP contribution in [0.3, 0.4) is 0 Å². The van der Waals surface area contributed by atoms with Crippen LogP contribution in [0, 0.1) is 0 Å². The Morgan fingerprint density at radius 1 is 1.26 bits per heavy atom. The molecule has 1 amide bonds. The smallest absolute Gasteiger partial charge is 0.408 e. The Kier molecular flexibility index (Phi) is 5.10. The monoisotopic (exact) mass is 263 g/mol. The van der Waals surface area contributed by atoms with E-state index in [9.17, 15) is 9.59 Å². The standard InChI is InChI=1S/C15H21NO3/c1-11(12-8-6-5-7-9-12)13(10-17)16-14(18)19-15(2,3)4/h5-11,13H,1-4H3,(H,16,18)/t11-,13+/m0/s1. The van der Waals surface area contributed by atoms with E-state index in [0.717, 1.165) is 11.8 Å². The molecule has 4 heteroatoms. The first-order valence-electron chi connectivity index (χ1n) is 6.33. The Balaban J connectivity index is 2.68. The van der Waals surface area contributed by atoms with Crippen LogP contribution in [0.1, 0.15) is 39.2 Å². The molecule has 1 rings (SSSR count). The van der Waals surface area contributed by atoms with Gasteiger partial charge in [-0.2, -0.15) is 0 Å². The SMILES string of the molecule is C[C@@H](c1ccccc1)[C@@H](C=O)NC(=O)OC(C)(C)C. The first kappa shape index (κ1) is 15.2. The Morgan fingerprint density at radius 3 is 2.32 bits per heavy atom. The fourth-order valence-electron chi connectivity index (χ4n) is 1.68. The zero-order valence-corrected chi connectivity index (χ0v) is 11.8. The summed E-state index contributed by atoms with van der Waals surface area (Å²) < 4.78 is 5.15. The first-order valence-corrected chi connectivity index (χ1v) is 6.33. The van der Waals surface area contributed by atoms with Crippen molar-refractivity contribution in [2.75, 3.05) is 0 Å². The summed E-state index contributed by atoms with van der Waals surface area (Å²) in [4.78, 5) is 22.8. The van der Waals surface area contributed by atoms with Crippen molar-refractivity contribution in [1.29, 1.82) is 0 Å². The molecule has 0 spiro atoms. The molecule has 0 radical (unpaired) electrons. The number of carbonyl (C=O) groups is 2. The molecule has 1 aromatic rings. The van der Waals surface area contributed by atoms with Crippen molar-refractivity contribution >= 4 is 12.4 Å². The van der Waals surface area contributed by atoms with E-state index in [2.05, 4.69) is 5.32 Å². The number of aldehydes is 1. The lowest BCUT2D eigenvalue weighted by atomic mass is 9.94. The second kappa shape index (κ2) is 6.36. The fraction of sp³-hybridized carbons (Fsp3) is 0.467. The molecule has 1 aromatic carbocycles. The molecule has 0 bridgehead atoms. The highest BCUT2D eigenvalue weighted by Crippen LogP contribution is 2.18. The zero-order chi connectivity index (χ0) is 14.5. The molecule has 0 aromatic heterocycles. The van der Waals surface area contributed by atoms with Crippen molar-refractivity contribution in [2.24, 2.45) is 0 Å². The van der Waals surface area contributed by atoms with E-state index < -0.39 is 17.7 Å². The quantitative estimate of drug-likeness (QED) is 0.850. The third kappa shape index (κ3) is 5.12. The van der Waals surface area contributed by atoms with Crippen LogP contribution < -0.4 is 5.32 Å². The van der Waals surface area contributed by atoms with Crippen molar-refractivity contribution in [1.82, 2.24) is 5.32 Å². The van der Waals surface area contributed by atoms with E-state index in [0.29, 0.717) is 0 Å². The number of rotatable bonds is 4. The van der Waals surface area contributed by atoms with Gasteiger partial charge in [0.15, 0.2) is 0 Å². The summed E-state index contributed by atoms with van der Waals surface area (Å²) >= 11 is 0. The number of ether oxygens (including phenoxy) is 1. The predicted molar refractivity (Wildman–Crippen MR) is 74.1 cm³/mol. The summed E-state index contributed by atoms with van der Waals surface area (Å²) in [5.74, 6) is -0.105. The van der Waals surface area contributed by atoms with Gasteiger partial charge in [-0.25, -0.2) is 4.79 Å². The van der Waals surface area contributed by atoms with Gasteiger partial charge < -0.3 is 14.8 Å². The van der Waals surface area contributed by atoms with Crippen LogP contribution in [-0.2, 0) is 9.53 Å². The minimum absolute atomic E-state index is 0.105. The second-order valence-electron chi connectivity index (χ2n) is 5.51. The molecule has 0 aliphatic rings. The topological polar surface area (TPSA) is 55.4 Å². The van der Waals surface area contributed by atoms with E-state index in [4.69, 9.17) is 4.74 Å². The Labute approximate surface area is 114 Å². The fourth-order valence-corrected chi connectivity index (χ4v) is 1.68. The van der Waals surface area contributed by atoms with Gasteiger partial charge in [0.2, 0.25) is 0 Å². The predicted octanol–water partition coefficient (Wildman–Crippen LogP) is 2.88. The summed E-state index contributed by atoms with van der Waals surface area (Å²) in [6.07, 6.45) is 0.161. The molecule has 104 valence electrons. The number of alkyl carbamates (subject to hydrolysis) is 1. The van der Waals surface area contributed by atoms with Gasteiger partial charge in [-0.1, -0.05) is 37.3 Å². The highest BCUT2D eigenvalue weighted by Gasteiger charge is 2.23. The summed E-state index contributed by atoms with van der Waals surface area (Å²) in [7, 11) is 0. The van der Waals surface area contributed by atoms with Gasteiger partial charge in [0.25, 0.3) is 0 Å². The van der Waals surface area contributed by atoms with Crippen molar-refractivity contribution < 1.29 is 14.3 Å². The summed E-state index contributed by atoms with van der Waals surface area (Å²) in [5, 5.41) is 2.59. The highest BCUT2D eigenvalue weighted by molar-refractivity contribution is 5.74. The third-order valence-corrected chi connectivity index (χ3v) is 2.69. The third-order valence-electron chi connectivity index (χ3n) is 2.69. The van der Waals surface area contributed by atoms with E-state index in [1.165, 1.54) is 0 Å². The lowest BCUT2D eigenvalue weighted by Crippen LogP contribution is -2.42. The van der Waals surface area contributed by atoms with Crippen LogP contribution in [0.25, 0.3) is 0 Å². The van der Waals surface area contributed by atoms with Crippen LogP contribution in [0.4, 0.5) is 4.79 Å². The number of benzene rings is 1. The molecule has 0 aliphatic heterocycles. The summed E-state index contributed by atoms with van der Waals surface area (Å²) in [6.45, 7) is 7.24. The maximum atomic E-state index is 11.7. The summed E-state index contributed by atoms with van der Waals surface area (Å²) in [6, 6.07) is 8.98. The number of hydrogen-bond donors (Lipinski definition) is 1. The van der Waals surface area contributed by atoms with E-state index in [-0.39, 0.29) is 5.92 Å². The molecular formula is C15H21NO3. The molecular weight excluding hydrogens is 242 g/mol. The molecule has 19 heavy (non-hydrogen) atoms. The Morgan fingerprint density at radius 2 is 1.84 bits per heavy atom. The molecule has 1 N–H and O–H groups in total. The number of amides is 1. The van der Waals surface area contributed by atoms with Gasteiger partial charge in [-0.15, -0.1) is 0 Å². The summed E-state index contributed by atoms with van der Waals surface area (Å²) in [5.41, 5.74) is 0.420. The van der Waals surface area contributed by atoms with Gasteiger partial charge in [-0.05, 0) is 26.3 Å². The Bertz CT molecular complexity index is 423. The molecule has 0 fully saturated rings. The lowest BCUT2D eigenvalue weighted by molar-refractivity contribution is -0.110. The normalized spacial score (nSPS) is 14.3. The average molecular weight is 263 g/mol. The van der Waals surface area contributed by atoms with E-state index >= 15 is 0 Å². The van der Waals surface area contributed by atoms with Crippen LogP contribution in [0.2, 0.25) is 0 Å². The van der Waals surface area contributed by atoms with E-state index in [1.54, 1.807) is 20.8 Å². The molecule has 0 saturated heterocycles. The maximum Gasteiger partial charge on any atom is 0.408 e. The van der Waals surface area contributed by atoms with Gasteiger partial charge in [0, 0.05) is 5.92 Å². The largest absolute Gasteiger partial charge is 0.444 e. The molecule has 4 nitrogen and oxygen atoms in total. The van der Waals surface area contributed by atoms with Crippen LogP contribution in [-0.4, -0.2) is 24.0 Å². The van der Waals surface area contributed by atoms with Crippen molar-refractivity contribution in [3.63, 3.8) is 0 Å². The van der Waals surface area contributed by atoms with Gasteiger partial charge >= 0.3 is 6.09 Å². The van der Waals surface area contributed by atoms with Crippen molar-refractivity contribution in [3.8, 4) is 0 Å². The molecule has 0 saturated carbocycles. The number of nitrogens with one attached hydrogen (secondary N) is 1. The van der Waals surface area contributed by atoms with Crippen molar-refractivity contribution in [2.45, 2.75) is 45.3 Å². The first-order chi connectivity index (χ1) is 8.83. The molecule has 0 unspecified atom stereocenters. The highest BCUT2D eigenvalue weighted by atomic mass is 16.6. The number of carbonyl (C=O) groups excluding carboxylic acids is 2. The minimum atomic E-state index is -0.600. The lowest BCUT2D eigenvalue weighted by Gasteiger charge is -2.24. The molecule has 0 heterocycles. The van der Waals surface area contributed by atoms with Crippen LogP contribution in [0.15, 0.2) is 30.3 Å². The number of hydrogen-bond acceptors (Lipinski definition) is 3. The molecule has 0 aliphatic carbocycles. The van der Waals surface area contributed by atoms with Crippen molar-refractivity contribution in [3.05, 3.63) is 35.9 Å². The van der Waals surface area contributed by atoms with Gasteiger partial charge in [0.05, 0.1) is 6.04 Å². The van der Waals surface area contributed by atoms with Crippen LogP contribution in [0.5, 0.6) is 0 Å². The van der Waals surface area contributed by atoms with Gasteiger partial charge in [0.1, 0.15) is 11.9 Å². The maximum absolute atomic E-state index is 11.7. The minimum Gasteiger partial charge on any atom is -0.444 e. The van der Waals surface area contributed by atoms with Crippen LogP contribution >= 0.6 is 0 Å². The van der Waals surface area contributed by atoms with E-state index in [1.807, 2.05) is 37.3 Å². The Hall–Kier alpha value is -1.84. The van der Waals surface area contributed by atoms with Gasteiger partial charge in [-0.3, -0.25) is 0 Å².